The smallest absolute Gasteiger partial charge is 0.307 e. The highest BCUT2D eigenvalue weighted by Gasteiger charge is 2.14. The quantitative estimate of drug-likeness (QED) is 0.324. The summed E-state index contributed by atoms with van der Waals surface area (Å²) in [5.74, 6) is 5.84. The summed E-state index contributed by atoms with van der Waals surface area (Å²) in [6.07, 6.45) is 5.15. The molecular weight excluding hydrogens is 292 g/mol. The molecule has 1 unspecified atom stereocenters. The van der Waals surface area contributed by atoms with E-state index in [1.54, 1.807) is 0 Å². The van der Waals surface area contributed by atoms with Crippen LogP contribution in [-0.2, 0) is 19.1 Å². The van der Waals surface area contributed by atoms with E-state index in [2.05, 4.69) is 32.6 Å². The van der Waals surface area contributed by atoms with Crippen molar-refractivity contribution in [2.45, 2.75) is 85.2 Å². The summed E-state index contributed by atoms with van der Waals surface area (Å²) in [5.41, 5.74) is 0. The second-order valence-corrected chi connectivity index (χ2v) is 6.06. The number of ether oxygens (including phenoxy) is 2. The van der Waals surface area contributed by atoms with Crippen molar-refractivity contribution in [1.29, 1.82) is 0 Å². The van der Waals surface area contributed by atoms with Crippen molar-refractivity contribution < 1.29 is 19.1 Å². The van der Waals surface area contributed by atoms with Crippen LogP contribution in [0.5, 0.6) is 0 Å². The van der Waals surface area contributed by atoms with Gasteiger partial charge in [0.1, 0.15) is 0 Å². The van der Waals surface area contributed by atoms with Gasteiger partial charge in [0, 0.05) is 19.3 Å². The van der Waals surface area contributed by atoms with E-state index >= 15 is 0 Å². The van der Waals surface area contributed by atoms with Gasteiger partial charge in [0.2, 0.25) is 0 Å². The zero-order chi connectivity index (χ0) is 17.5. The van der Waals surface area contributed by atoms with E-state index in [1.165, 1.54) is 0 Å². The van der Waals surface area contributed by atoms with Crippen molar-refractivity contribution >= 4 is 11.9 Å². The summed E-state index contributed by atoms with van der Waals surface area (Å²) in [6, 6.07) is 0. The van der Waals surface area contributed by atoms with Gasteiger partial charge in [0.05, 0.1) is 6.61 Å². The molecule has 0 aliphatic carbocycles. The normalized spacial score (nSPS) is 11.5. The Kier molecular flexibility index (Phi) is 13.2. The minimum Gasteiger partial charge on any atom is -0.466 e. The Labute approximate surface area is 141 Å². The van der Waals surface area contributed by atoms with Crippen LogP contribution in [0.15, 0.2) is 0 Å². The Bertz CT molecular complexity index is 390. The van der Waals surface area contributed by atoms with Crippen LogP contribution in [0.1, 0.15) is 79.1 Å². The summed E-state index contributed by atoms with van der Waals surface area (Å²) in [6.45, 7) is 8.68. The molecule has 0 aliphatic rings. The molecule has 0 amide bonds. The monoisotopic (exact) mass is 324 g/mol. The molecule has 132 valence electrons. The van der Waals surface area contributed by atoms with Gasteiger partial charge in [-0.05, 0) is 25.2 Å². The van der Waals surface area contributed by atoms with Crippen molar-refractivity contribution in [3.63, 3.8) is 0 Å². The Balaban J connectivity index is 3.96. The van der Waals surface area contributed by atoms with Crippen molar-refractivity contribution in [2.24, 2.45) is 5.92 Å². The van der Waals surface area contributed by atoms with E-state index in [4.69, 9.17) is 9.47 Å². The van der Waals surface area contributed by atoms with Gasteiger partial charge >= 0.3 is 11.9 Å². The Morgan fingerprint density at radius 3 is 2.30 bits per heavy atom. The van der Waals surface area contributed by atoms with Crippen LogP contribution in [0.2, 0.25) is 0 Å². The van der Waals surface area contributed by atoms with Crippen LogP contribution < -0.4 is 0 Å². The molecule has 0 spiro atoms. The molecule has 0 rings (SSSR count). The first kappa shape index (κ1) is 21.5. The summed E-state index contributed by atoms with van der Waals surface area (Å²) in [5, 5.41) is 0. The number of hydrogen-bond donors (Lipinski definition) is 0. The van der Waals surface area contributed by atoms with Gasteiger partial charge in [-0.1, -0.05) is 52.4 Å². The average molecular weight is 324 g/mol. The third-order valence-corrected chi connectivity index (χ3v) is 3.17. The summed E-state index contributed by atoms with van der Waals surface area (Å²) < 4.78 is 10.5. The molecule has 0 N–H and O–H groups in total. The van der Waals surface area contributed by atoms with E-state index in [0.29, 0.717) is 18.9 Å². The molecule has 0 bridgehead atoms. The maximum Gasteiger partial charge on any atom is 0.307 e. The van der Waals surface area contributed by atoms with Crippen LogP contribution in [0.4, 0.5) is 0 Å². The van der Waals surface area contributed by atoms with E-state index in [0.717, 1.165) is 32.1 Å². The zero-order valence-electron chi connectivity index (χ0n) is 15.2. The van der Waals surface area contributed by atoms with Crippen LogP contribution in [0.3, 0.4) is 0 Å². The number of carbonyl (C=O) groups excluding carboxylic acids is 2. The second kappa shape index (κ2) is 14.1. The molecule has 0 aromatic heterocycles. The largest absolute Gasteiger partial charge is 0.466 e. The molecule has 0 radical (unpaired) electrons. The zero-order valence-corrected chi connectivity index (χ0v) is 15.2. The fourth-order valence-electron chi connectivity index (χ4n) is 1.99. The number of unbranched alkanes of at least 4 members (excludes halogenated alkanes) is 2. The fourth-order valence-corrected chi connectivity index (χ4v) is 1.99. The van der Waals surface area contributed by atoms with Crippen LogP contribution in [-0.4, -0.2) is 24.6 Å². The van der Waals surface area contributed by atoms with Crippen molar-refractivity contribution in [1.82, 2.24) is 0 Å². The molecular formula is C19H32O4. The minimum atomic E-state index is -0.344. The van der Waals surface area contributed by atoms with Crippen LogP contribution >= 0.6 is 0 Å². The Morgan fingerprint density at radius 1 is 1.00 bits per heavy atom. The first-order valence-electron chi connectivity index (χ1n) is 8.83. The molecule has 0 fully saturated rings. The predicted molar refractivity (Wildman–Crippen MR) is 91.7 cm³/mol. The molecule has 0 saturated heterocycles. The molecule has 1 atom stereocenters. The van der Waals surface area contributed by atoms with Crippen molar-refractivity contribution in [2.75, 3.05) is 6.61 Å². The summed E-state index contributed by atoms with van der Waals surface area (Å²) >= 11 is 0. The predicted octanol–water partition coefficient (Wildman–Crippen LogP) is 4.26. The highest BCUT2D eigenvalue weighted by molar-refractivity contribution is 5.72. The van der Waals surface area contributed by atoms with Gasteiger partial charge in [-0.15, -0.1) is 0 Å². The van der Waals surface area contributed by atoms with Gasteiger partial charge in [-0.25, -0.2) is 0 Å². The topological polar surface area (TPSA) is 52.6 Å². The molecule has 4 heteroatoms. The maximum atomic E-state index is 11.8. The maximum absolute atomic E-state index is 11.8. The Hall–Kier alpha value is -1.50. The minimum absolute atomic E-state index is 0.229. The molecule has 4 nitrogen and oxygen atoms in total. The molecule has 23 heavy (non-hydrogen) atoms. The van der Waals surface area contributed by atoms with Gasteiger partial charge in [0.15, 0.2) is 6.10 Å². The SMILES string of the molecule is CCC#CC(CC(C)C)OC(=O)CCCC(=O)OCCCCC. The van der Waals surface area contributed by atoms with Gasteiger partial charge in [0.25, 0.3) is 0 Å². The van der Waals surface area contributed by atoms with Gasteiger partial charge in [-0.3, -0.25) is 9.59 Å². The number of hydrogen-bond acceptors (Lipinski definition) is 4. The third-order valence-electron chi connectivity index (χ3n) is 3.17. The van der Waals surface area contributed by atoms with E-state index < -0.39 is 0 Å². The van der Waals surface area contributed by atoms with Gasteiger partial charge < -0.3 is 9.47 Å². The lowest BCUT2D eigenvalue weighted by molar-refractivity contribution is -0.147. The standard InChI is InChI=1S/C19H32O4/c1-5-7-9-14-22-18(20)12-10-13-19(21)23-17(11-8-6-2)15-16(3)4/h16-17H,5-7,9-10,12-15H2,1-4H3. The number of rotatable bonds is 11. The summed E-state index contributed by atoms with van der Waals surface area (Å²) in [4.78, 5) is 23.3. The number of carbonyl (C=O) groups is 2. The summed E-state index contributed by atoms with van der Waals surface area (Å²) in [7, 11) is 0. The highest BCUT2D eigenvalue weighted by Crippen LogP contribution is 2.10. The second-order valence-electron chi connectivity index (χ2n) is 6.06. The first-order chi connectivity index (χ1) is 11.0. The van der Waals surface area contributed by atoms with Crippen molar-refractivity contribution in [3.8, 4) is 11.8 Å². The van der Waals surface area contributed by atoms with Crippen LogP contribution in [0, 0.1) is 17.8 Å². The molecule has 0 aromatic rings. The fraction of sp³-hybridized carbons (Fsp3) is 0.789. The van der Waals surface area contributed by atoms with E-state index in [-0.39, 0.29) is 30.9 Å². The lowest BCUT2D eigenvalue weighted by Crippen LogP contribution is -2.19. The third kappa shape index (κ3) is 13.9. The van der Waals surface area contributed by atoms with E-state index in [9.17, 15) is 9.59 Å². The molecule has 0 aliphatic heterocycles. The number of esters is 2. The lowest BCUT2D eigenvalue weighted by atomic mass is 10.1. The Morgan fingerprint density at radius 2 is 1.70 bits per heavy atom. The van der Waals surface area contributed by atoms with Gasteiger partial charge in [-0.2, -0.15) is 0 Å². The van der Waals surface area contributed by atoms with Crippen molar-refractivity contribution in [3.05, 3.63) is 0 Å². The van der Waals surface area contributed by atoms with E-state index in [1.807, 2.05) is 6.92 Å². The van der Waals surface area contributed by atoms with Crippen LogP contribution in [0.25, 0.3) is 0 Å². The lowest BCUT2D eigenvalue weighted by Gasteiger charge is -2.14. The molecule has 0 aromatic carbocycles. The average Bonchev–Trinajstić information content (AvgIpc) is 2.48. The molecule has 0 heterocycles. The first-order valence-corrected chi connectivity index (χ1v) is 8.83. The molecule has 0 saturated carbocycles. The highest BCUT2D eigenvalue weighted by atomic mass is 16.5.